The molecular formula is C37H49N5O5S. The molecule has 2 bridgehead atoms. The number of likely N-dealkylation sites (N-methyl/N-ethyl adjacent to an activating group) is 1. The molecule has 7 rings (SSSR count). The second-order valence-electron chi connectivity index (χ2n) is 14.6. The minimum absolute atomic E-state index is 0.184. The van der Waals surface area contributed by atoms with Gasteiger partial charge in [-0.25, -0.2) is 4.31 Å². The van der Waals surface area contributed by atoms with Crippen LogP contribution in [0.1, 0.15) is 85.7 Å². The lowest BCUT2D eigenvalue weighted by Crippen LogP contribution is -2.56. The summed E-state index contributed by atoms with van der Waals surface area (Å²) in [6, 6.07) is 13.7. The average Bonchev–Trinajstić information content (AvgIpc) is 3.81. The van der Waals surface area contributed by atoms with Gasteiger partial charge in [0.15, 0.2) is 0 Å². The summed E-state index contributed by atoms with van der Waals surface area (Å²) in [6.07, 6.45) is 9.65. The fourth-order valence-corrected chi connectivity index (χ4v) is 9.50. The van der Waals surface area contributed by atoms with Crippen LogP contribution in [0.2, 0.25) is 0 Å². The third-order valence-electron chi connectivity index (χ3n) is 11.3. The Kier molecular flexibility index (Phi) is 8.83. The SMILES string of the molecule is COc1ccc(-c2c(C3CCCCC3)c3ccc(C(=O)N(C)S(=O)(=O)N(C)C)cc3n2[C@H](C(=O)N2C3CCC2CN(C)C3)C2CC2)cc1. The molecule has 48 heavy (non-hydrogen) atoms. The zero-order chi connectivity index (χ0) is 33.9. The maximum absolute atomic E-state index is 15.1. The summed E-state index contributed by atoms with van der Waals surface area (Å²) in [5.41, 5.74) is 4.42. The Hall–Kier alpha value is -3.41. The van der Waals surface area contributed by atoms with Crippen molar-refractivity contribution in [3.63, 3.8) is 0 Å². The third kappa shape index (κ3) is 5.71. The minimum Gasteiger partial charge on any atom is -0.497 e. The van der Waals surface area contributed by atoms with Crippen LogP contribution in [0.5, 0.6) is 5.75 Å². The van der Waals surface area contributed by atoms with Gasteiger partial charge >= 0.3 is 10.2 Å². The molecule has 3 atom stereocenters. The Labute approximate surface area is 284 Å². The molecule has 4 aliphatic rings. The molecule has 2 aliphatic heterocycles. The van der Waals surface area contributed by atoms with Crippen LogP contribution in [0, 0.1) is 5.92 Å². The van der Waals surface area contributed by atoms with Crippen LogP contribution in [-0.2, 0) is 15.0 Å². The number of carbonyl (C=O) groups is 2. The summed E-state index contributed by atoms with van der Waals surface area (Å²) in [5, 5.41) is 1.04. The molecule has 2 aromatic carbocycles. The number of benzene rings is 2. The number of rotatable bonds is 9. The van der Waals surface area contributed by atoms with Crippen LogP contribution < -0.4 is 4.74 Å². The maximum Gasteiger partial charge on any atom is 0.305 e. The fraction of sp³-hybridized carbons (Fsp3) is 0.568. The highest BCUT2D eigenvalue weighted by Gasteiger charge is 2.49. The number of amides is 2. The normalized spacial score (nSPS) is 22.8. The predicted molar refractivity (Wildman–Crippen MR) is 187 cm³/mol. The predicted octanol–water partition coefficient (Wildman–Crippen LogP) is 5.50. The molecule has 0 N–H and O–H groups in total. The molecule has 2 saturated heterocycles. The van der Waals surface area contributed by atoms with Gasteiger partial charge in [0.2, 0.25) is 5.91 Å². The molecule has 2 saturated carbocycles. The third-order valence-corrected chi connectivity index (χ3v) is 13.1. The number of nitrogens with zero attached hydrogens (tertiary/aromatic N) is 5. The second-order valence-corrected chi connectivity index (χ2v) is 16.8. The number of methoxy groups -OCH3 is 1. The molecular weight excluding hydrogens is 627 g/mol. The van der Waals surface area contributed by atoms with Gasteiger partial charge in [0, 0.05) is 57.3 Å². The summed E-state index contributed by atoms with van der Waals surface area (Å²) in [6.45, 7) is 1.77. The Morgan fingerprint density at radius 2 is 1.52 bits per heavy atom. The standard InChI is InChI=1S/C37H49N5O5S/c1-38(2)48(45,46)40(4)36(43)27-15-20-31-32(21-27)42(35(26-11-12-26)37(44)41-28-16-17-29(41)23-39(3)22-28)34(25-13-18-30(47-5)19-14-25)33(31)24-9-7-6-8-10-24/h13-15,18-21,24,26,28-29,35H,6-12,16-17,22-23H2,1-5H3/t28?,29?,35-/m0/s1. The number of hydrogen-bond donors (Lipinski definition) is 0. The van der Waals surface area contributed by atoms with Gasteiger partial charge in [0.1, 0.15) is 11.8 Å². The molecule has 4 fully saturated rings. The van der Waals surface area contributed by atoms with Gasteiger partial charge in [-0.15, -0.1) is 0 Å². The van der Waals surface area contributed by atoms with Crippen molar-refractivity contribution in [3.8, 4) is 17.0 Å². The van der Waals surface area contributed by atoms with E-state index in [9.17, 15) is 13.2 Å². The molecule has 3 aromatic rings. The molecule has 0 spiro atoms. The van der Waals surface area contributed by atoms with E-state index in [-0.39, 0.29) is 29.5 Å². The largest absolute Gasteiger partial charge is 0.497 e. The number of piperazine rings is 1. The van der Waals surface area contributed by atoms with Gasteiger partial charge in [-0.05, 0) is 105 Å². The average molecular weight is 676 g/mol. The summed E-state index contributed by atoms with van der Waals surface area (Å²) in [7, 11) is 3.97. The molecule has 3 heterocycles. The van der Waals surface area contributed by atoms with Crippen LogP contribution in [0.15, 0.2) is 42.5 Å². The fourth-order valence-electron chi connectivity index (χ4n) is 8.70. The van der Waals surface area contributed by atoms with Crippen molar-refractivity contribution in [2.75, 3.05) is 48.4 Å². The highest BCUT2D eigenvalue weighted by atomic mass is 32.2. The van der Waals surface area contributed by atoms with E-state index >= 15 is 4.79 Å². The van der Waals surface area contributed by atoms with Crippen molar-refractivity contribution in [1.82, 2.24) is 23.0 Å². The quantitative estimate of drug-likeness (QED) is 0.298. The van der Waals surface area contributed by atoms with E-state index in [0.29, 0.717) is 5.92 Å². The smallest absolute Gasteiger partial charge is 0.305 e. The van der Waals surface area contributed by atoms with E-state index in [1.54, 1.807) is 13.2 Å². The molecule has 2 unspecified atom stereocenters. The lowest BCUT2D eigenvalue weighted by Gasteiger charge is -2.41. The Bertz CT molecular complexity index is 1800. The maximum atomic E-state index is 15.1. The zero-order valence-corrected chi connectivity index (χ0v) is 29.7. The monoisotopic (exact) mass is 675 g/mol. The van der Waals surface area contributed by atoms with E-state index in [1.165, 1.54) is 33.1 Å². The molecule has 2 amide bonds. The molecule has 2 aliphatic carbocycles. The van der Waals surface area contributed by atoms with Gasteiger partial charge < -0.3 is 19.1 Å². The number of aromatic nitrogens is 1. The summed E-state index contributed by atoms with van der Waals surface area (Å²) in [4.78, 5) is 33.5. The molecule has 1 aromatic heterocycles. The van der Waals surface area contributed by atoms with Crippen LogP contribution in [0.4, 0.5) is 0 Å². The number of fused-ring (bicyclic) bond motifs is 3. The van der Waals surface area contributed by atoms with Gasteiger partial charge in [0.05, 0.1) is 18.3 Å². The van der Waals surface area contributed by atoms with Crippen LogP contribution in [0.3, 0.4) is 0 Å². The Morgan fingerprint density at radius 1 is 0.875 bits per heavy atom. The van der Waals surface area contributed by atoms with Crippen LogP contribution in [-0.4, -0.2) is 104 Å². The summed E-state index contributed by atoms with van der Waals surface area (Å²) in [5.74, 6) is 0.855. The van der Waals surface area contributed by atoms with Crippen molar-refractivity contribution in [3.05, 3.63) is 53.6 Å². The van der Waals surface area contributed by atoms with Gasteiger partial charge in [-0.1, -0.05) is 25.3 Å². The summed E-state index contributed by atoms with van der Waals surface area (Å²) < 4.78 is 35.7. The van der Waals surface area contributed by atoms with Crippen molar-refractivity contribution >= 4 is 32.9 Å². The zero-order valence-electron chi connectivity index (χ0n) is 28.9. The first-order valence-electron chi connectivity index (χ1n) is 17.5. The van der Waals surface area contributed by atoms with Crippen molar-refractivity contribution in [2.24, 2.45) is 5.92 Å². The Morgan fingerprint density at radius 3 is 2.10 bits per heavy atom. The van der Waals surface area contributed by atoms with Crippen molar-refractivity contribution < 1.29 is 22.7 Å². The van der Waals surface area contributed by atoms with Gasteiger partial charge in [-0.3, -0.25) is 9.59 Å². The highest BCUT2D eigenvalue weighted by molar-refractivity contribution is 7.87. The van der Waals surface area contributed by atoms with Crippen LogP contribution >= 0.6 is 0 Å². The molecule has 10 nitrogen and oxygen atoms in total. The molecule has 11 heteroatoms. The lowest BCUT2D eigenvalue weighted by atomic mass is 9.81. The van der Waals surface area contributed by atoms with Gasteiger partial charge in [0.25, 0.3) is 5.91 Å². The lowest BCUT2D eigenvalue weighted by molar-refractivity contribution is -0.140. The summed E-state index contributed by atoms with van der Waals surface area (Å²) >= 11 is 0. The molecule has 258 valence electrons. The first-order chi connectivity index (χ1) is 23.0. The first kappa shape index (κ1) is 33.1. The van der Waals surface area contributed by atoms with E-state index < -0.39 is 22.2 Å². The van der Waals surface area contributed by atoms with Crippen molar-refractivity contribution in [2.45, 2.75) is 81.8 Å². The van der Waals surface area contributed by atoms with E-state index in [0.717, 1.165) is 101 Å². The second kappa shape index (κ2) is 12.8. The van der Waals surface area contributed by atoms with Crippen LogP contribution in [0.25, 0.3) is 22.2 Å². The number of carbonyl (C=O) groups excluding carboxylic acids is 2. The van der Waals surface area contributed by atoms with Crippen molar-refractivity contribution in [1.29, 1.82) is 0 Å². The Balaban J connectivity index is 1.47. The number of ether oxygens (including phenoxy) is 1. The number of hydrogen-bond acceptors (Lipinski definition) is 6. The van der Waals surface area contributed by atoms with E-state index in [4.69, 9.17) is 4.74 Å². The van der Waals surface area contributed by atoms with E-state index in [1.807, 2.05) is 24.3 Å². The topological polar surface area (TPSA) is 95.4 Å². The van der Waals surface area contributed by atoms with Gasteiger partial charge in [-0.2, -0.15) is 12.7 Å². The van der Waals surface area contributed by atoms with E-state index in [2.05, 4.69) is 33.5 Å². The number of likely N-dealkylation sites (tertiary alicyclic amines) is 1. The first-order valence-corrected chi connectivity index (χ1v) is 18.9. The molecule has 0 radical (unpaired) electrons. The highest BCUT2D eigenvalue weighted by Crippen LogP contribution is 2.51. The minimum atomic E-state index is -3.98.